The first kappa shape index (κ1) is 29.9. The summed E-state index contributed by atoms with van der Waals surface area (Å²) in [7, 11) is 0. The van der Waals surface area contributed by atoms with Gasteiger partial charge in [0.25, 0.3) is 5.91 Å². The highest BCUT2D eigenvalue weighted by Crippen LogP contribution is 2.34. The number of benzene rings is 4. The zero-order valence-corrected chi connectivity index (χ0v) is 25.7. The zero-order valence-electron chi connectivity index (χ0n) is 23.3. The van der Waals surface area contributed by atoms with Gasteiger partial charge in [0, 0.05) is 45.8 Å². The predicted octanol–water partition coefficient (Wildman–Crippen LogP) is 6.82. The molecule has 0 fully saturated rings. The molecule has 42 heavy (non-hydrogen) atoms. The van der Waals surface area contributed by atoms with Crippen molar-refractivity contribution >= 4 is 39.5 Å². The first-order valence-electron chi connectivity index (χ1n) is 13.9. The number of carbonyl (C=O) groups is 1. The van der Waals surface area contributed by atoms with Crippen LogP contribution in [0.15, 0.2) is 122 Å². The van der Waals surface area contributed by atoms with Crippen molar-refractivity contribution in [3.05, 3.63) is 124 Å². The highest BCUT2D eigenvalue weighted by molar-refractivity contribution is 9.10. The molecule has 0 saturated carbocycles. The average Bonchev–Trinajstić information content (AvgIpc) is 3.35. The molecule has 0 bridgehead atoms. The van der Waals surface area contributed by atoms with Gasteiger partial charge < -0.3 is 19.9 Å². The average molecular weight is 646 g/mol. The van der Waals surface area contributed by atoms with E-state index in [1.165, 1.54) is 0 Å². The first-order valence-corrected chi connectivity index (χ1v) is 15.5. The van der Waals surface area contributed by atoms with Gasteiger partial charge in [0.15, 0.2) is 5.54 Å². The number of ether oxygens (including phenoxy) is 2. The third kappa shape index (κ3) is 7.24. The van der Waals surface area contributed by atoms with Crippen molar-refractivity contribution in [2.45, 2.75) is 47.7 Å². The van der Waals surface area contributed by atoms with Crippen molar-refractivity contribution in [1.82, 2.24) is 5.32 Å². The number of aliphatic imine (C=N–C) groups is 1. The molecule has 2 N–H and O–H groups in total. The van der Waals surface area contributed by atoms with Gasteiger partial charge in [-0.1, -0.05) is 76.2 Å². The van der Waals surface area contributed by atoms with Crippen molar-refractivity contribution in [3.8, 4) is 5.75 Å². The number of amides is 1. The molecule has 1 heterocycles. The summed E-state index contributed by atoms with van der Waals surface area (Å²) in [4.78, 5) is 21.3. The number of aliphatic hydroxyl groups excluding tert-OH is 1. The number of halogens is 1. The van der Waals surface area contributed by atoms with Crippen LogP contribution in [-0.4, -0.2) is 41.8 Å². The number of carbonyl (C=O) groups excluding carboxylic acids is 1. The minimum Gasteiger partial charge on any atom is -0.494 e. The normalized spacial score (nSPS) is 17.8. The van der Waals surface area contributed by atoms with E-state index in [1.807, 2.05) is 91.9 Å². The van der Waals surface area contributed by atoms with E-state index in [9.17, 15) is 4.79 Å². The smallest absolute Gasteiger partial charge is 0.252 e. The number of nitrogens with one attached hydrogen (secondary N) is 1. The Morgan fingerprint density at radius 2 is 1.71 bits per heavy atom. The minimum absolute atomic E-state index is 0.0839. The zero-order chi connectivity index (χ0) is 29.4. The van der Waals surface area contributed by atoms with Crippen molar-refractivity contribution < 1.29 is 19.4 Å². The molecule has 1 amide bonds. The maximum absolute atomic E-state index is 14.1. The van der Waals surface area contributed by atoms with E-state index in [0.717, 1.165) is 31.0 Å². The van der Waals surface area contributed by atoms with Crippen molar-refractivity contribution in [3.63, 3.8) is 0 Å². The quantitative estimate of drug-likeness (QED) is 0.165. The van der Waals surface area contributed by atoms with Gasteiger partial charge in [0.05, 0.1) is 6.61 Å². The lowest BCUT2D eigenvalue weighted by Crippen LogP contribution is -2.52. The molecule has 4 aromatic rings. The van der Waals surface area contributed by atoms with Crippen LogP contribution < -0.4 is 10.1 Å². The molecule has 0 saturated heterocycles. The molecular formula is C34H33BrN2O4S. The Kier molecular flexibility index (Phi) is 10.00. The van der Waals surface area contributed by atoms with Crippen LogP contribution in [0.2, 0.25) is 0 Å². The van der Waals surface area contributed by atoms with Crippen LogP contribution in [0.4, 0.5) is 0 Å². The molecule has 8 heteroatoms. The van der Waals surface area contributed by atoms with Gasteiger partial charge in [-0.3, -0.25) is 4.79 Å². The Bertz CT molecular complexity index is 1510. The second-order valence-corrected chi connectivity index (χ2v) is 12.1. The topological polar surface area (TPSA) is 80.2 Å². The van der Waals surface area contributed by atoms with Gasteiger partial charge >= 0.3 is 0 Å². The second kappa shape index (κ2) is 14.1. The molecule has 1 aliphatic heterocycles. The van der Waals surface area contributed by atoms with Crippen molar-refractivity contribution in [2.24, 2.45) is 4.99 Å². The van der Waals surface area contributed by atoms with Gasteiger partial charge in [-0.05, 0) is 72.6 Å². The van der Waals surface area contributed by atoms with Gasteiger partial charge in [0.1, 0.15) is 11.9 Å². The Balaban J connectivity index is 1.39. The standard InChI is InChI=1S/C34H33BrN2O4S/c1-24-34(22-25-12-16-28(35)17-13-25,37-32(41-24)26-14-18-29(19-15-26)40-21-7-20-38)33(39)36-23-27-8-5-6-11-31(27)42-30-9-3-2-4-10-30/h2-6,8-19,24,38H,7,20-23H2,1H3,(H,36,39)/t24-,34-/m1/s1. The van der Waals surface area contributed by atoms with Crippen LogP contribution >= 0.6 is 27.7 Å². The predicted molar refractivity (Wildman–Crippen MR) is 170 cm³/mol. The molecule has 6 nitrogen and oxygen atoms in total. The summed E-state index contributed by atoms with van der Waals surface area (Å²) in [6.45, 7) is 2.79. The van der Waals surface area contributed by atoms with Crippen molar-refractivity contribution in [2.75, 3.05) is 13.2 Å². The van der Waals surface area contributed by atoms with E-state index in [4.69, 9.17) is 19.6 Å². The molecule has 0 aromatic heterocycles. The first-order chi connectivity index (χ1) is 20.5. The summed E-state index contributed by atoms with van der Waals surface area (Å²) >= 11 is 5.18. The third-order valence-electron chi connectivity index (χ3n) is 7.10. The molecule has 0 radical (unpaired) electrons. The van der Waals surface area contributed by atoms with Gasteiger partial charge in [0.2, 0.25) is 5.90 Å². The summed E-state index contributed by atoms with van der Waals surface area (Å²) in [6, 6.07) is 33.7. The van der Waals surface area contributed by atoms with Crippen LogP contribution in [0.5, 0.6) is 5.75 Å². The Morgan fingerprint density at radius 1 is 1.00 bits per heavy atom. The highest BCUT2D eigenvalue weighted by Gasteiger charge is 2.50. The van der Waals surface area contributed by atoms with E-state index in [1.54, 1.807) is 11.8 Å². The fourth-order valence-corrected chi connectivity index (χ4v) is 5.98. The van der Waals surface area contributed by atoms with Gasteiger partial charge in [-0.2, -0.15) is 0 Å². The fourth-order valence-electron chi connectivity index (χ4n) is 4.75. The molecule has 4 aromatic carbocycles. The lowest BCUT2D eigenvalue weighted by Gasteiger charge is -2.28. The molecular weight excluding hydrogens is 612 g/mol. The highest BCUT2D eigenvalue weighted by atomic mass is 79.9. The molecule has 0 aliphatic carbocycles. The maximum atomic E-state index is 14.1. The molecule has 216 valence electrons. The summed E-state index contributed by atoms with van der Waals surface area (Å²) < 4.78 is 12.9. The monoisotopic (exact) mass is 644 g/mol. The number of hydrogen-bond donors (Lipinski definition) is 2. The van der Waals surface area contributed by atoms with E-state index < -0.39 is 11.6 Å². The molecule has 2 atom stereocenters. The van der Waals surface area contributed by atoms with E-state index >= 15 is 0 Å². The minimum atomic E-state index is -1.15. The Labute approximate surface area is 259 Å². The van der Waals surface area contributed by atoms with E-state index in [0.29, 0.717) is 37.6 Å². The molecule has 0 unspecified atom stereocenters. The van der Waals surface area contributed by atoms with E-state index in [-0.39, 0.29) is 12.5 Å². The van der Waals surface area contributed by atoms with Gasteiger partial charge in [-0.25, -0.2) is 4.99 Å². The van der Waals surface area contributed by atoms with Crippen LogP contribution in [0.25, 0.3) is 0 Å². The second-order valence-electron chi connectivity index (χ2n) is 10.1. The Morgan fingerprint density at radius 3 is 2.45 bits per heavy atom. The SMILES string of the molecule is C[C@H]1OC(c2ccc(OCCCO)cc2)=N[C@@]1(Cc1ccc(Br)cc1)C(=O)NCc1ccccc1Sc1ccccc1. The summed E-state index contributed by atoms with van der Waals surface area (Å²) in [5, 5.41) is 12.2. The number of aliphatic hydroxyl groups is 1. The summed E-state index contributed by atoms with van der Waals surface area (Å²) in [5.74, 6) is 0.942. The van der Waals surface area contributed by atoms with Gasteiger partial charge in [-0.15, -0.1) is 0 Å². The maximum Gasteiger partial charge on any atom is 0.252 e. The molecule has 1 aliphatic rings. The van der Waals surface area contributed by atoms with E-state index in [2.05, 4.69) is 39.4 Å². The number of nitrogens with zero attached hydrogens (tertiary/aromatic N) is 1. The van der Waals surface area contributed by atoms with Crippen molar-refractivity contribution in [1.29, 1.82) is 0 Å². The van der Waals surface area contributed by atoms with Crippen LogP contribution in [-0.2, 0) is 22.5 Å². The fraction of sp³-hybridized carbons (Fsp3) is 0.235. The van der Waals surface area contributed by atoms with Crippen LogP contribution in [0.1, 0.15) is 30.0 Å². The molecule has 5 rings (SSSR count). The number of rotatable bonds is 12. The summed E-state index contributed by atoms with van der Waals surface area (Å²) in [5.41, 5.74) is 1.64. The largest absolute Gasteiger partial charge is 0.494 e. The lowest BCUT2D eigenvalue weighted by atomic mass is 9.86. The van der Waals surface area contributed by atoms with Crippen LogP contribution in [0, 0.1) is 0 Å². The molecule has 0 spiro atoms. The number of hydrogen-bond acceptors (Lipinski definition) is 6. The Hall–Kier alpha value is -3.59. The third-order valence-corrected chi connectivity index (χ3v) is 8.75. The lowest BCUT2D eigenvalue weighted by molar-refractivity contribution is -0.128. The summed E-state index contributed by atoms with van der Waals surface area (Å²) in [6.07, 6.45) is 0.461. The van der Waals surface area contributed by atoms with Crippen LogP contribution in [0.3, 0.4) is 0 Å².